The summed E-state index contributed by atoms with van der Waals surface area (Å²) in [6.07, 6.45) is 4.74. The topological polar surface area (TPSA) is 49.4 Å². The van der Waals surface area contributed by atoms with Gasteiger partial charge in [-0.15, -0.1) is 0 Å². The van der Waals surface area contributed by atoms with Gasteiger partial charge in [0.25, 0.3) is 11.8 Å². The minimum absolute atomic E-state index is 0.0859. The fourth-order valence-electron chi connectivity index (χ4n) is 2.16. The molecule has 2 aliphatic rings. The number of nitrogens with zero attached hydrogens (tertiary/aromatic N) is 1. The van der Waals surface area contributed by atoms with Crippen LogP contribution in [-0.4, -0.2) is 36.3 Å². The Morgan fingerprint density at radius 2 is 1.80 bits per heavy atom. The van der Waals surface area contributed by atoms with Gasteiger partial charge in [0.15, 0.2) is 0 Å². The minimum Gasteiger partial charge on any atom is -0.317 e. The highest BCUT2D eigenvalue weighted by atomic mass is 16.2. The van der Waals surface area contributed by atoms with Crippen LogP contribution >= 0.6 is 0 Å². The number of carbonyl (C=O) groups excluding carboxylic acids is 2. The highest BCUT2D eigenvalue weighted by Gasteiger charge is 2.34. The predicted octanol–water partition coefficient (Wildman–Crippen LogP) is 0.301. The zero-order valence-corrected chi connectivity index (χ0v) is 8.95. The molecule has 2 amide bonds. The number of imide groups is 1. The maximum Gasteiger partial charge on any atom is 0.253 e. The number of rotatable bonds is 2. The molecule has 1 saturated heterocycles. The van der Waals surface area contributed by atoms with Gasteiger partial charge in [0.1, 0.15) is 0 Å². The summed E-state index contributed by atoms with van der Waals surface area (Å²) < 4.78 is 0. The van der Waals surface area contributed by atoms with Crippen LogP contribution in [0.3, 0.4) is 0 Å². The second-order valence-corrected chi connectivity index (χ2v) is 4.66. The molecule has 0 saturated carbocycles. The molecule has 2 rings (SSSR count). The summed E-state index contributed by atoms with van der Waals surface area (Å²) >= 11 is 0. The normalized spacial score (nSPS) is 25.0. The van der Waals surface area contributed by atoms with E-state index in [1.807, 2.05) is 0 Å². The van der Waals surface area contributed by atoms with Gasteiger partial charge in [0.2, 0.25) is 0 Å². The van der Waals surface area contributed by atoms with Crippen molar-refractivity contribution >= 4 is 11.8 Å². The second-order valence-electron chi connectivity index (χ2n) is 4.66. The van der Waals surface area contributed by atoms with E-state index in [4.69, 9.17) is 0 Å². The SMILES string of the molecule is CC1(CN2C(=O)C=CC2=O)CCNCC1. The molecule has 0 bridgehead atoms. The molecule has 4 nitrogen and oxygen atoms in total. The predicted molar refractivity (Wildman–Crippen MR) is 56.1 cm³/mol. The first-order valence-electron chi connectivity index (χ1n) is 5.35. The lowest BCUT2D eigenvalue weighted by molar-refractivity contribution is -0.138. The van der Waals surface area contributed by atoms with Gasteiger partial charge in [-0.05, 0) is 31.3 Å². The molecule has 0 atom stereocenters. The Kier molecular flexibility index (Phi) is 2.61. The fourth-order valence-corrected chi connectivity index (χ4v) is 2.16. The molecule has 0 aromatic carbocycles. The maximum absolute atomic E-state index is 11.4. The van der Waals surface area contributed by atoms with Crippen LogP contribution in [0.15, 0.2) is 12.2 Å². The van der Waals surface area contributed by atoms with E-state index in [-0.39, 0.29) is 17.2 Å². The molecule has 4 heteroatoms. The van der Waals surface area contributed by atoms with Crippen molar-refractivity contribution in [3.05, 3.63) is 12.2 Å². The highest BCUT2D eigenvalue weighted by molar-refractivity contribution is 6.12. The van der Waals surface area contributed by atoms with Crippen molar-refractivity contribution in [3.63, 3.8) is 0 Å². The van der Waals surface area contributed by atoms with Crippen LogP contribution in [0.1, 0.15) is 19.8 Å². The number of amides is 2. The van der Waals surface area contributed by atoms with Gasteiger partial charge < -0.3 is 5.32 Å². The van der Waals surface area contributed by atoms with Crippen molar-refractivity contribution in [1.29, 1.82) is 0 Å². The lowest BCUT2D eigenvalue weighted by Crippen LogP contribution is -2.45. The highest BCUT2D eigenvalue weighted by Crippen LogP contribution is 2.29. The summed E-state index contributed by atoms with van der Waals surface area (Å²) in [4.78, 5) is 24.2. The van der Waals surface area contributed by atoms with Crippen molar-refractivity contribution in [3.8, 4) is 0 Å². The van der Waals surface area contributed by atoms with E-state index < -0.39 is 0 Å². The summed E-state index contributed by atoms with van der Waals surface area (Å²) in [5.74, 6) is -0.334. The van der Waals surface area contributed by atoms with Crippen LogP contribution in [0.25, 0.3) is 0 Å². The molecular formula is C11H16N2O2. The van der Waals surface area contributed by atoms with Gasteiger partial charge >= 0.3 is 0 Å². The lowest BCUT2D eigenvalue weighted by atomic mass is 9.80. The Morgan fingerprint density at radius 1 is 1.27 bits per heavy atom. The lowest BCUT2D eigenvalue weighted by Gasteiger charge is -2.36. The molecule has 1 N–H and O–H groups in total. The Labute approximate surface area is 89.3 Å². The summed E-state index contributed by atoms with van der Waals surface area (Å²) in [6.45, 7) is 4.65. The van der Waals surface area contributed by atoms with Crippen LogP contribution in [0, 0.1) is 5.41 Å². The van der Waals surface area contributed by atoms with E-state index >= 15 is 0 Å². The Morgan fingerprint density at radius 3 is 2.33 bits per heavy atom. The van der Waals surface area contributed by atoms with E-state index in [9.17, 15) is 9.59 Å². The van der Waals surface area contributed by atoms with Crippen molar-refractivity contribution in [2.45, 2.75) is 19.8 Å². The van der Waals surface area contributed by atoms with Crippen molar-refractivity contribution in [2.75, 3.05) is 19.6 Å². The smallest absolute Gasteiger partial charge is 0.253 e. The van der Waals surface area contributed by atoms with E-state index in [2.05, 4.69) is 12.2 Å². The number of piperidine rings is 1. The largest absolute Gasteiger partial charge is 0.317 e. The Balaban J connectivity index is 2.01. The standard InChI is InChI=1S/C11H16N2O2/c1-11(4-6-12-7-5-11)8-13-9(14)2-3-10(13)15/h2-3,12H,4-8H2,1H3. The molecule has 0 aromatic heterocycles. The first kappa shape index (κ1) is 10.4. The Hall–Kier alpha value is -1.16. The number of nitrogens with one attached hydrogen (secondary N) is 1. The van der Waals surface area contributed by atoms with E-state index in [0.717, 1.165) is 25.9 Å². The van der Waals surface area contributed by atoms with Gasteiger partial charge in [-0.2, -0.15) is 0 Å². The molecule has 0 radical (unpaired) electrons. The van der Waals surface area contributed by atoms with Crippen LogP contribution in [0.2, 0.25) is 0 Å². The van der Waals surface area contributed by atoms with Gasteiger partial charge in [0, 0.05) is 18.7 Å². The second kappa shape index (κ2) is 3.77. The fraction of sp³-hybridized carbons (Fsp3) is 0.636. The maximum atomic E-state index is 11.4. The third-order valence-corrected chi connectivity index (χ3v) is 3.25. The monoisotopic (exact) mass is 208 g/mol. The average Bonchev–Trinajstić information content (AvgIpc) is 2.50. The number of hydrogen-bond donors (Lipinski definition) is 1. The zero-order valence-electron chi connectivity index (χ0n) is 8.95. The van der Waals surface area contributed by atoms with Crippen LogP contribution in [0.4, 0.5) is 0 Å². The van der Waals surface area contributed by atoms with Gasteiger partial charge in [-0.3, -0.25) is 14.5 Å². The first-order valence-corrected chi connectivity index (χ1v) is 5.35. The summed E-state index contributed by atoms with van der Waals surface area (Å²) in [7, 11) is 0. The molecule has 2 aliphatic heterocycles. The third kappa shape index (κ3) is 2.09. The molecule has 2 heterocycles. The third-order valence-electron chi connectivity index (χ3n) is 3.25. The summed E-state index contributed by atoms with van der Waals surface area (Å²) in [5.41, 5.74) is 0.0859. The molecule has 0 spiro atoms. The van der Waals surface area contributed by atoms with Crippen LogP contribution < -0.4 is 5.32 Å². The first-order chi connectivity index (χ1) is 7.11. The van der Waals surface area contributed by atoms with Crippen molar-refractivity contribution in [2.24, 2.45) is 5.41 Å². The van der Waals surface area contributed by atoms with E-state index in [0.29, 0.717) is 6.54 Å². The van der Waals surface area contributed by atoms with Crippen molar-refractivity contribution < 1.29 is 9.59 Å². The summed E-state index contributed by atoms with van der Waals surface area (Å²) in [6, 6.07) is 0. The van der Waals surface area contributed by atoms with E-state index in [1.165, 1.54) is 17.1 Å². The molecule has 0 unspecified atom stereocenters. The Bertz CT molecular complexity index is 299. The molecule has 82 valence electrons. The zero-order chi connectivity index (χ0) is 10.9. The van der Waals surface area contributed by atoms with E-state index in [1.54, 1.807) is 0 Å². The van der Waals surface area contributed by atoms with Gasteiger partial charge in [-0.1, -0.05) is 6.92 Å². The number of hydrogen-bond acceptors (Lipinski definition) is 3. The molecule has 1 fully saturated rings. The number of carbonyl (C=O) groups is 2. The average molecular weight is 208 g/mol. The molecule has 0 aliphatic carbocycles. The molecule has 0 aromatic rings. The molecular weight excluding hydrogens is 192 g/mol. The molecule has 15 heavy (non-hydrogen) atoms. The van der Waals surface area contributed by atoms with Crippen LogP contribution in [-0.2, 0) is 9.59 Å². The minimum atomic E-state index is -0.167. The van der Waals surface area contributed by atoms with Crippen LogP contribution in [0.5, 0.6) is 0 Å². The van der Waals surface area contributed by atoms with Gasteiger partial charge in [-0.25, -0.2) is 0 Å². The van der Waals surface area contributed by atoms with Crippen molar-refractivity contribution in [1.82, 2.24) is 10.2 Å². The quantitative estimate of drug-likeness (QED) is 0.664. The summed E-state index contributed by atoms with van der Waals surface area (Å²) in [5, 5.41) is 3.28. The van der Waals surface area contributed by atoms with Gasteiger partial charge in [0.05, 0.1) is 0 Å².